The Morgan fingerprint density at radius 1 is 1.30 bits per heavy atom. The van der Waals surface area contributed by atoms with E-state index in [-0.39, 0.29) is 17.9 Å². The summed E-state index contributed by atoms with van der Waals surface area (Å²) >= 11 is -0.948. The summed E-state index contributed by atoms with van der Waals surface area (Å²) in [5.41, 5.74) is 1.16. The van der Waals surface area contributed by atoms with Crippen LogP contribution in [0.2, 0.25) is 0 Å². The number of benzene rings is 1. The third kappa shape index (κ3) is 3.36. The highest BCUT2D eigenvalue weighted by molar-refractivity contribution is 7.90. The summed E-state index contributed by atoms with van der Waals surface area (Å²) < 4.78 is 11.4. The molecule has 0 radical (unpaired) electrons. The summed E-state index contributed by atoms with van der Waals surface area (Å²) in [6.07, 6.45) is 4.96. The van der Waals surface area contributed by atoms with E-state index in [2.05, 4.69) is 0 Å². The number of piperidine rings is 1. The number of amides is 1. The van der Waals surface area contributed by atoms with E-state index in [0.29, 0.717) is 0 Å². The largest absolute Gasteiger partial charge is 0.612 e. The van der Waals surface area contributed by atoms with Crippen LogP contribution in [0, 0.1) is 5.92 Å². The minimum Gasteiger partial charge on any atom is -0.612 e. The van der Waals surface area contributed by atoms with Crippen molar-refractivity contribution in [2.75, 3.05) is 12.8 Å². The van der Waals surface area contributed by atoms with Gasteiger partial charge in [-0.15, -0.1) is 0 Å². The van der Waals surface area contributed by atoms with Gasteiger partial charge in [0.25, 0.3) is 0 Å². The summed E-state index contributed by atoms with van der Waals surface area (Å²) in [4.78, 5) is 15.2. The molecule has 4 heteroatoms. The van der Waals surface area contributed by atoms with E-state index in [1.807, 2.05) is 43.0 Å². The molecular weight excluding hydrogens is 270 g/mol. The van der Waals surface area contributed by atoms with Gasteiger partial charge in [-0.3, -0.25) is 4.79 Å². The SMILES string of the molecule is CC(C)C(=O)N1CCCCC1c1ccc([S+](C)[O-])cc1. The van der Waals surface area contributed by atoms with Crippen LogP contribution in [-0.2, 0) is 16.0 Å². The lowest BCUT2D eigenvalue weighted by Gasteiger charge is -2.37. The normalized spacial score (nSPS) is 21.1. The van der Waals surface area contributed by atoms with Crippen molar-refractivity contribution in [3.05, 3.63) is 29.8 Å². The molecule has 3 nitrogen and oxygen atoms in total. The van der Waals surface area contributed by atoms with Gasteiger partial charge < -0.3 is 9.45 Å². The highest BCUT2D eigenvalue weighted by Crippen LogP contribution is 2.32. The van der Waals surface area contributed by atoms with Crippen molar-refractivity contribution >= 4 is 17.1 Å². The van der Waals surface area contributed by atoms with E-state index < -0.39 is 11.2 Å². The Bertz CT molecular complexity index is 456. The number of nitrogens with zero attached hydrogens (tertiary/aromatic N) is 1. The minimum atomic E-state index is -0.948. The Labute approximate surface area is 124 Å². The molecule has 0 N–H and O–H groups in total. The van der Waals surface area contributed by atoms with Crippen molar-refractivity contribution in [1.29, 1.82) is 0 Å². The molecule has 0 spiro atoms. The molecule has 1 aliphatic heterocycles. The molecule has 110 valence electrons. The van der Waals surface area contributed by atoms with Crippen LogP contribution in [0.25, 0.3) is 0 Å². The maximum absolute atomic E-state index is 12.3. The maximum atomic E-state index is 12.3. The van der Waals surface area contributed by atoms with Gasteiger partial charge in [-0.2, -0.15) is 0 Å². The molecule has 1 saturated heterocycles. The van der Waals surface area contributed by atoms with Gasteiger partial charge in [0.2, 0.25) is 5.91 Å². The second-order valence-electron chi connectivity index (χ2n) is 5.72. The van der Waals surface area contributed by atoms with Gasteiger partial charge >= 0.3 is 0 Å². The molecule has 0 bridgehead atoms. The Hall–Kier alpha value is -1.00. The van der Waals surface area contributed by atoms with Crippen LogP contribution in [-0.4, -0.2) is 28.2 Å². The summed E-state index contributed by atoms with van der Waals surface area (Å²) in [6, 6.07) is 8.05. The van der Waals surface area contributed by atoms with Crippen molar-refractivity contribution in [2.24, 2.45) is 5.92 Å². The van der Waals surface area contributed by atoms with E-state index in [4.69, 9.17) is 0 Å². The smallest absolute Gasteiger partial charge is 0.225 e. The van der Waals surface area contributed by atoms with E-state index in [1.54, 1.807) is 6.26 Å². The van der Waals surface area contributed by atoms with Gasteiger partial charge in [-0.1, -0.05) is 26.0 Å². The summed E-state index contributed by atoms with van der Waals surface area (Å²) in [5.74, 6) is 0.274. The molecule has 1 aromatic carbocycles. The third-order valence-electron chi connectivity index (χ3n) is 3.88. The lowest BCUT2D eigenvalue weighted by molar-refractivity contribution is -0.138. The van der Waals surface area contributed by atoms with Crippen molar-refractivity contribution in [2.45, 2.75) is 44.0 Å². The molecule has 0 aromatic heterocycles. The van der Waals surface area contributed by atoms with Gasteiger partial charge in [0.1, 0.15) is 6.26 Å². The van der Waals surface area contributed by atoms with Crippen LogP contribution in [0.15, 0.2) is 29.2 Å². The number of likely N-dealkylation sites (tertiary alicyclic amines) is 1. The van der Waals surface area contributed by atoms with Crippen molar-refractivity contribution in [3.63, 3.8) is 0 Å². The molecule has 1 aromatic rings. The fourth-order valence-corrected chi connectivity index (χ4v) is 3.27. The average molecular weight is 293 g/mol. The fourth-order valence-electron chi connectivity index (χ4n) is 2.76. The van der Waals surface area contributed by atoms with E-state index >= 15 is 0 Å². The predicted molar refractivity (Wildman–Crippen MR) is 81.9 cm³/mol. The quantitative estimate of drug-likeness (QED) is 0.804. The second kappa shape index (κ2) is 6.64. The number of hydrogen-bond acceptors (Lipinski definition) is 2. The third-order valence-corrected chi connectivity index (χ3v) is 4.81. The molecule has 20 heavy (non-hydrogen) atoms. The first kappa shape index (κ1) is 15.4. The summed E-state index contributed by atoms with van der Waals surface area (Å²) in [6.45, 7) is 4.76. The standard InChI is InChI=1S/C16H23NO2S/c1-12(2)16(18)17-11-5-4-6-15(17)13-7-9-14(10-8-13)20(3)19/h7-10,12,15H,4-6,11H2,1-3H3. The van der Waals surface area contributed by atoms with Crippen LogP contribution in [0.3, 0.4) is 0 Å². The monoisotopic (exact) mass is 293 g/mol. The molecular formula is C16H23NO2S. The van der Waals surface area contributed by atoms with Crippen LogP contribution >= 0.6 is 0 Å². The van der Waals surface area contributed by atoms with Crippen molar-refractivity contribution in [1.82, 2.24) is 4.90 Å². The minimum absolute atomic E-state index is 0.0398. The number of rotatable bonds is 3. The summed E-state index contributed by atoms with van der Waals surface area (Å²) in [7, 11) is 0. The molecule has 1 heterocycles. The number of carbonyl (C=O) groups is 1. The second-order valence-corrected chi connectivity index (χ2v) is 7.10. The molecule has 2 unspecified atom stereocenters. The molecule has 2 rings (SSSR count). The van der Waals surface area contributed by atoms with Gasteiger partial charge in [-0.25, -0.2) is 0 Å². The Balaban J connectivity index is 2.21. The highest BCUT2D eigenvalue weighted by atomic mass is 32.2. The van der Waals surface area contributed by atoms with Crippen molar-refractivity contribution in [3.8, 4) is 0 Å². The lowest BCUT2D eigenvalue weighted by atomic mass is 9.94. The Kier molecular flexibility index (Phi) is 5.11. The van der Waals surface area contributed by atoms with E-state index in [1.165, 1.54) is 0 Å². The molecule has 0 saturated carbocycles. The predicted octanol–water partition coefficient (Wildman–Crippen LogP) is 3.13. The van der Waals surface area contributed by atoms with Gasteiger partial charge in [0, 0.05) is 12.5 Å². The molecule has 1 fully saturated rings. The van der Waals surface area contributed by atoms with Crippen LogP contribution in [0.4, 0.5) is 0 Å². The van der Waals surface area contributed by atoms with Crippen molar-refractivity contribution < 1.29 is 9.35 Å². The lowest BCUT2D eigenvalue weighted by Crippen LogP contribution is -2.40. The van der Waals surface area contributed by atoms with Crippen LogP contribution in [0.1, 0.15) is 44.7 Å². The van der Waals surface area contributed by atoms with Gasteiger partial charge in [-0.05, 0) is 48.1 Å². The molecule has 2 atom stereocenters. The Morgan fingerprint density at radius 3 is 2.50 bits per heavy atom. The van der Waals surface area contributed by atoms with Crippen LogP contribution in [0.5, 0.6) is 0 Å². The number of carbonyl (C=O) groups excluding carboxylic acids is 1. The highest BCUT2D eigenvalue weighted by Gasteiger charge is 2.29. The zero-order valence-corrected chi connectivity index (χ0v) is 13.3. The molecule has 0 aliphatic carbocycles. The maximum Gasteiger partial charge on any atom is 0.225 e. The van der Waals surface area contributed by atoms with Crippen LogP contribution < -0.4 is 0 Å². The molecule has 1 amide bonds. The first-order valence-electron chi connectivity index (χ1n) is 7.24. The number of hydrogen-bond donors (Lipinski definition) is 0. The fraction of sp³-hybridized carbons (Fsp3) is 0.562. The van der Waals surface area contributed by atoms with Gasteiger partial charge in [0.05, 0.1) is 6.04 Å². The van der Waals surface area contributed by atoms with Gasteiger partial charge in [0.15, 0.2) is 4.90 Å². The Morgan fingerprint density at radius 2 is 1.95 bits per heavy atom. The first-order chi connectivity index (χ1) is 9.50. The average Bonchev–Trinajstić information content (AvgIpc) is 2.46. The van der Waals surface area contributed by atoms with E-state index in [0.717, 1.165) is 36.3 Å². The first-order valence-corrected chi connectivity index (χ1v) is 8.80. The topological polar surface area (TPSA) is 43.4 Å². The molecule has 1 aliphatic rings. The summed E-state index contributed by atoms with van der Waals surface area (Å²) in [5, 5.41) is 0. The van der Waals surface area contributed by atoms with E-state index in [9.17, 15) is 9.35 Å². The zero-order chi connectivity index (χ0) is 14.7. The zero-order valence-electron chi connectivity index (χ0n) is 12.5.